The van der Waals surface area contributed by atoms with E-state index in [1.807, 2.05) is 79.8 Å². The number of hydrogen-bond acceptors (Lipinski definition) is 4. The molecule has 3 aromatic rings. The standard InChI is InChI=1S/C32H37Cl2N3O3/c1-4-6-19-36(3)30(38)23-12-15-26(16-13-23)37-20-18-32(35-31(39)40-5-2,25-10-8-7-9-11-25)22-29(37)24-14-17-27(33)28(34)21-24/h7-17,21,29H,4-6,18-20,22H2,1-3H3,(H,35,39). The number of nitrogens with one attached hydrogen (secondary N) is 1. The number of rotatable bonds is 9. The molecular weight excluding hydrogens is 545 g/mol. The van der Waals surface area contributed by atoms with Gasteiger partial charge in [-0.15, -0.1) is 0 Å². The van der Waals surface area contributed by atoms with E-state index in [2.05, 4.69) is 17.1 Å². The molecule has 1 heterocycles. The van der Waals surface area contributed by atoms with E-state index in [-0.39, 0.29) is 18.6 Å². The number of hydrogen-bond donors (Lipinski definition) is 1. The number of halogens is 2. The maximum absolute atomic E-state index is 12.9. The lowest BCUT2D eigenvalue weighted by molar-refractivity contribution is 0.0793. The number of carbonyl (C=O) groups excluding carboxylic acids is 2. The van der Waals surface area contributed by atoms with Crippen LogP contribution in [0.3, 0.4) is 0 Å². The average molecular weight is 583 g/mol. The summed E-state index contributed by atoms with van der Waals surface area (Å²) in [6.45, 7) is 5.59. The van der Waals surface area contributed by atoms with Crippen LogP contribution in [0.1, 0.15) is 67.1 Å². The number of anilines is 1. The van der Waals surface area contributed by atoms with Crippen LogP contribution in [0.15, 0.2) is 72.8 Å². The molecule has 1 aliphatic rings. The van der Waals surface area contributed by atoms with Crippen LogP contribution in [0.25, 0.3) is 0 Å². The Kier molecular flexibility index (Phi) is 9.99. The molecule has 4 rings (SSSR count). The van der Waals surface area contributed by atoms with Gasteiger partial charge in [-0.2, -0.15) is 0 Å². The van der Waals surface area contributed by atoms with E-state index in [0.29, 0.717) is 35.0 Å². The first-order valence-electron chi connectivity index (χ1n) is 13.9. The van der Waals surface area contributed by atoms with Gasteiger partial charge in [-0.3, -0.25) is 4.79 Å². The third-order valence-corrected chi connectivity index (χ3v) is 8.35. The molecule has 2 amide bonds. The minimum atomic E-state index is -0.654. The summed E-state index contributed by atoms with van der Waals surface area (Å²) in [6.07, 6.45) is 2.81. The molecule has 0 saturated carbocycles. The molecule has 0 aromatic heterocycles. The molecule has 3 aromatic carbocycles. The van der Waals surface area contributed by atoms with Crippen molar-refractivity contribution in [2.75, 3.05) is 31.6 Å². The molecule has 0 bridgehead atoms. The number of nitrogens with zero attached hydrogens (tertiary/aromatic N) is 2. The van der Waals surface area contributed by atoms with Crippen molar-refractivity contribution in [2.45, 2.75) is 51.1 Å². The van der Waals surface area contributed by atoms with Gasteiger partial charge in [-0.05, 0) is 73.7 Å². The van der Waals surface area contributed by atoms with Crippen molar-refractivity contribution in [1.82, 2.24) is 10.2 Å². The van der Waals surface area contributed by atoms with E-state index >= 15 is 0 Å². The van der Waals surface area contributed by atoms with Crippen molar-refractivity contribution in [1.29, 1.82) is 0 Å². The van der Waals surface area contributed by atoms with E-state index in [0.717, 1.165) is 36.2 Å². The van der Waals surface area contributed by atoms with Gasteiger partial charge < -0.3 is 19.9 Å². The van der Waals surface area contributed by atoms with E-state index in [9.17, 15) is 9.59 Å². The van der Waals surface area contributed by atoms with Crippen molar-refractivity contribution in [3.8, 4) is 0 Å². The zero-order chi connectivity index (χ0) is 28.7. The number of amides is 2. The first-order chi connectivity index (χ1) is 19.3. The number of benzene rings is 3. The van der Waals surface area contributed by atoms with Crippen LogP contribution >= 0.6 is 23.2 Å². The van der Waals surface area contributed by atoms with Gasteiger partial charge in [0.15, 0.2) is 0 Å². The second-order valence-corrected chi connectivity index (χ2v) is 11.1. The van der Waals surface area contributed by atoms with E-state index in [1.54, 1.807) is 11.8 Å². The highest BCUT2D eigenvalue weighted by atomic mass is 35.5. The predicted octanol–water partition coefficient (Wildman–Crippen LogP) is 7.85. The Labute approximate surface area is 247 Å². The fraction of sp³-hybridized carbons (Fsp3) is 0.375. The molecule has 6 nitrogen and oxygen atoms in total. The molecular formula is C32H37Cl2N3O3. The fourth-order valence-electron chi connectivity index (χ4n) is 5.42. The lowest BCUT2D eigenvalue weighted by Gasteiger charge is -2.48. The maximum Gasteiger partial charge on any atom is 0.407 e. The Morgan fingerprint density at radius 1 is 1.02 bits per heavy atom. The first-order valence-corrected chi connectivity index (χ1v) is 14.6. The van der Waals surface area contributed by atoms with Crippen molar-refractivity contribution >= 4 is 40.9 Å². The molecule has 1 saturated heterocycles. The molecule has 8 heteroatoms. The van der Waals surface area contributed by atoms with Crippen LogP contribution in [-0.4, -0.2) is 43.6 Å². The predicted molar refractivity (Wildman–Crippen MR) is 162 cm³/mol. The normalized spacial score (nSPS) is 18.7. The van der Waals surface area contributed by atoms with E-state index in [1.165, 1.54) is 0 Å². The minimum Gasteiger partial charge on any atom is -0.450 e. The zero-order valence-corrected chi connectivity index (χ0v) is 24.8. The van der Waals surface area contributed by atoms with Crippen molar-refractivity contribution in [3.63, 3.8) is 0 Å². The van der Waals surface area contributed by atoms with Gasteiger partial charge in [0.1, 0.15) is 0 Å². The lowest BCUT2D eigenvalue weighted by Crippen LogP contribution is -2.54. The smallest absolute Gasteiger partial charge is 0.407 e. The van der Waals surface area contributed by atoms with Gasteiger partial charge in [0.25, 0.3) is 5.91 Å². The average Bonchev–Trinajstić information content (AvgIpc) is 2.97. The number of piperidine rings is 1. The second kappa shape index (κ2) is 13.4. The third-order valence-electron chi connectivity index (χ3n) is 7.61. The van der Waals surface area contributed by atoms with Crippen LogP contribution in [0.5, 0.6) is 0 Å². The topological polar surface area (TPSA) is 61.9 Å². The number of carbonyl (C=O) groups is 2. The highest BCUT2D eigenvalue weighted by molar-refractivity contribution is 6.42. The largest absolute Gasteiger partial charge is 0.450 e. The minimum absolute atomic E-state index is 0.0152. The number of alkyl carbamates (subject to hydrolysis) is 1. The summed E-state index contributed by atoms with van der Waals surface area (Å²) in [5.41, 5.74) is 3.00. The molecule has 212 valence electrons. The summed E-state index contributed by atoms with van der Waals surface area (Å²) in [5.74, 6) is 0.0152. The third kappa shape index (κ3) is 6.73. The highest BCUT2D eigenvalue weighted by Crippen LogP contribution is 2.45. The Morgan fingerprint density at radius 2 is 1.75 bits per heavy atom. The van der Waals surface area contributed by atoms with Gasteiger partial charge in [0.05, 0.1) is 28.2 Å². The summed E-state index contributed by atoms with van der Waals surface area (Å²) in [5, 5.41) is 4.17. The van der Waals surface area contributed by atoms with Gasteiger partial charge >= 0.3 is 6.09 Å². The number of unbranched alkanes of at least 4 members (excludes halogenated alkanes) is 1. The highest BCUT2D eigenvalue weighted by Gasteiger charge is 2.43. The molecule has 0 radical (unpaired) electrons. The van der Waals surface area contributed by atoms with Gasteiger partial charge in [0, 0.05) is 31.4 Å². The van der Waals surface area contributed by atoms with Gasteiger partial charge in [-0.1, -0.05) is 72.9 Å². The molecule has 0 spiro atoms. The molecule has 2 atom stereocenters. The van der Waals surface area contributed by atoms with Crippen LogP contribution in [0, 0.1) is 0 Å². The van der Waals surface area contributed by atoms with Crippen LogP contribution in [0.2, 0.25) is 10.0 Å². The molecule has 1 fully saturated rings. The fourth-order valence-corrected chi connectivity index (χ4v) is 5.72. The summed E-state index contributed by atoms with van der Waals surface area (Å²) in [6, 6.07) is 23.4. The summed E-state index contributed by atoms with van der Waals surface area (Å²) in [4.78, 5) is 29.8. The molecule has 1 N–H and O–H groups in total. The zero-order valence-electron chi connectivity index (χ0n) is 23.3. The molecule has 2 unspecified atom stereocenters. The quantitative estimate of drug-likeness (QED) is 0.279. The van der Waals surface area contributed by atoms with Crippen LogP contribution in [0.4, 0.5) is 10.5 Å². The Balaban J connectivity index is 1.70. The van der Waals surface area contributed by atoms with Crippen LogP contribution < -0.4 is 10.2 Å². The monoisotopic (exact) mass is 581 g/mol. The summed E-state index contributed by atoms with van der Waals surface area (Å²) in [7, 11) is 1.84. The molecule has 0 aliphatic carbocycles. The van der Waals surface area contributed by atoms with Crippen molar-refractivity contribution in [2.24, 2.45) is 0 Å². The van der Waals surface area contributed by atoms with E-state index in [4.69, 9.17) is 27.9 Å². The van der Waals surface area contributed by atoms with Gasteiger partial charge in [0.2, 0.25) is 0 Å². The second-order valence-electron chi connectivity index (χ2n) is 10.3. The SMILES string of the molecule is CCCCN(C)C(=O)c1ccc(N2CCC(NC(=O)OCC)(c3ccccc3)CC2c2ccc(Cl)c(Cl)c2)cc1. The molecule has 1 aliphatic heterocycles. The Morgan fingerprint density at radius 3 is 2.40 bits per heavy atom. The lowest BCUT2D eigenvalue weighted by atomic mass is 9.76. The summed E-state index contributed by atoms with van der Waals surface area (Å²) >= 11 is 12.8. The summed E-state index contributed by atoms with van der Waals surface area (Å²) < 4.78 is 5.32. The van der Waals surface area contributed by atoms with Gasteiger partial charge in [-0.25, -0.2) is 4.79 Å². The van der Waals surface area contributed by atoms with E-state index < -0.39 is 11.6 Å². The Hall–Kier alpha value is -3.22. The van der Waals surface area contributed by atoms with Crippen molar-refractivity contribution in [3.05, 3.63) is 99.5 Å². The Bertz CT molecular complexity index is 1300. The molecule has 40 heavy (non-hydrogen) atoms. The first kappa shape index (κ1) is 29.8. The van der Waals surface area contributed by atoms with Crippen LogP contribution in [-0.2, 0) is 10.3 Å². The van der Waals surface area contributed by atoms with Crippen molar-refractivity contribution < 1.29 is 14.3 Å². The maximum atomic E-state index is 12.9. The number of ether oxygens (including phenoxy) is 1.